The maximum atomic E-state index is 12.0. The highest BCUT2D eigenvalue weighted by Gasteiger charge is 2.12. The van der Waals surface area contributed by atoms with Gasteiger partial charge in [0.2, 0.25) is 5.95 Å². The van der Waals surface area contributed by atoms with Crippen LogP contribution < -0.4 is 10.1 Å². The number of nitrogens with one attached hydrogen (secondary N) is 1. The van der Waals surface area contributed by atoms with Crippen LogP contribution in [0.5, 0.6) is 5.75 Å². The Kier molecular flexibility index (Phi) is 4.10. The van der Waals surface area contributed by atoms with Crippen LogP contribution in [0.1, 0.15) is 17.3 Å². The number of rotatable bonds is 4. The van der Waals surface area contributed by atoms with Crippen molar-refractivity contribution in [1.29, 1.82) is 0 Å². The van der Waals surface area contributed by atoms with Crippen LogP contribution in [0.3, 0.4) is 0 Å². The summed E-state index contributed by atoms with van der Waals surface area (Å²) in [5, 5.41) is 13.4. The highest BCUT2D eigenvalue weighted by atomic mass is 79.9. The van der Waals surface area contributed by atoms with E-state index >= 15 is 0 Å². The SMILES string of the molecule is CCOc1ccc(C(=O)Nc2nnnn2C)cc1Br. The van der Waals surface area contributed by atoms with Crippen molar-refractivity contribution in [3.63, 3.8) is 0 Å². The molecule has 0 aliphatic heterocycles. The van der Waals surface area contributed by atoms with Crippen LogP contribution in [0.15, 0.2) is 22.7 Å². The Morgan fingerprint density at radius 1 is 1.53 bits per heavy atom. The number of benzene rings is 1. The molecule has 0 aliphatic rings. The van der Waals surface area contributed by atoms with E-state index in [0.29, 0.717) is 17.9 Å². The van der Waals surface area contributed by atoms with Crippen LogP contribution in [-0.4, -0.2) is 32.7 Å². The number of ether oxygens (including phenoxy) is 1. The van der Waals surface area contributed by atoms with Crippen LogP contribution in [0, 0.1) is 0 Å². The van der Waals surface area contributed by atoms with E-state index in [1.54, 1.807) is 25.2 Å². The smallest absolute Gasteiger partial charge is 0.258 e. The Bertz CT molecular complexity index is 599. The zero-order valence-electron chi connectivity index (χ0n) is 10.4. The van der Waals surface area contributed by atoms with Gasteiger partial charge >= 0.3 is 0 Å². The van der Waals surface area contributed by atoms with Gasteiger partial charge in [0.25, 0.3) is 5.91 Å². The largest absolute Gasteiger partial charge is 0.493 e. The van der Waals surface area contributed by atoms with E-state index in [1.165, 1.54) is 4.68 Å². The number of nitrogens with zero attached hydrogens (tertiary/aromatic N) is 4. The van der Waals surface area contributed by atoms with Crippen molar-refractivity contribution >= 4 is 27.8 Å². The summed E-state index contributed by atoms with van der Waals surface area (Å²) in [7, 11) is 1.64. The second-order valence-corrected chi connectivity index (χ2v) is 4.51. The van der Waals surface area contributed by atoms with Gasteiger partial charge in [-0.3, -0.25) is 10.1 Å². The molecule has 0 atom stereocenters. The highest BCUT2D eigenvalue weighted by Crippen LogP contribution is 2.26. The molecule has 0 bridgehead atoms. The predicted molar refractivity (Wildman–Crippen MR) is 72.1 cm³/mol. The van der Waals surface area contributed by atoms with Crippen molar-refractivity contribution in [2.45, 2.75) is 6.92 Å². The lowest BCUT2D eigenvalue weighted by atomic mass is 10.2. The number of aromatic nitrogens is 4. The summed E-state index contributed by atoms with van der Waals surface area (Å²) in [6, 6.07) is 5.09. The van der Waals surface area contributed by atoms with Gasteiger partial charge in [-0.2, -0.15) is 0 Å². The van der Waals surface area contributed by atoms with Crippen molar-refractivity contribution in [1.82, 2.24) is 20.2 Å². The third kappa shape index (κ3) is 3.08. The molecule has 2 rings (SSSR count). The van der Waals surface area contributed by atoms with Gasteiger partial charge in [0.05, 0.1) is 11.1 Å². The van der Waals surface area contributed by atoms with Crippen LogP contribution >= 0.6 is 15.9 Å². The molecule has 1 aromatic heterocycles. The molecule has 8 heteroatoms. The number of amides is 1. The summed E-state index contributed by atoms with van der Waals surface area (Å²) in [4.78, 5) is 12.0. The molecule has 0 unspecified atom stereocenters. The molecule has 0 radical (unpaired) electrons. The van der Waals surface area contributed by atoms with Gasteiger partial charge in [-0.05, 0) is 51.5 Å². The number of hydrogen-bond donors (Lipinski definition) is 1. The minimum Gasteiger partial charge on any atom is -0.493 e. The summed E-state index contributed by atoms with van der Waals surface area (Å²) in [5.74, 6) is 0.691. The minimum absolute atomic E-state index is 0.287. The van der Waals surface area contributed by atoms with Crippen LogP contribution in [0.2, 0.25) is 0 Å². The molecule has 0 spiro atoms. The molecular weight excluding hydrogens is 314 g/mol. The molecule has 2 aromatic rings. The first kappa shape index (κ1) is 13.5. The third-order valence-electron chi connectivity index (χ3n) is 2.34. The number of hydrogen-bond acceptors (Lipinski definition) is 5. The lowest BCUT2D eigenvalue weighted by Crippen LogP contribution is -2.15. The normalized spacial score (nSPS) is 10.3. The lowest BCUT2D eigenvalue weighted by Gasteiger charge is -2.08. The van der Waals surface area contributed by atoms with E-state index in [1.807, 2.05) is 6.92 Å². The molecule has 1 aromatic carbocycles. The second-order valence-electron chi connectivity index (χ2n) is 3.66. The highest BCUT2D eigenvalue weighted by molar-refractivity contribution is 9.10. The number of tetrazole rings is 1. The molecule has 1 amide bonds. The fourth-order valence-corrected chi connectivity index (χ4v) is 1.92. The fourth-order valence-electron chi connectivity index (χ4n) is 1.42. The Labute approximate surface area is 118 Å². The van der Waals surface area contributed by atoms with E-state index in [0.717, 1.165) is 4.47 Å². The first-order chi connectivity index (χ1) is 9.11. The average molecular weight is 326 g/mol. The molecule has 7 nitrogen and oxygen atoms in total. The average Bonchev–Trinajstić information content (AvgIpc) is 2.78. The first-order valence-corrected chi connectivity index (χ1v) is 6.37. The Hall–Kier alpha value is -1.96. The molecule has 1 heterocycles. The standard InChI is InChI=1S/C11H12BrN5O2/c1-3-19-9-5-4-7(6-8(9)12)10(18)13-11-14-15-16-17(11)2/h4-6H,3H2,1-2H3,(H,13,14,16,18). The lowest BCUT2D eigenvalue weighted by molar-refractivity contribution is 0.102. The van der Waals surface area contributed by atoms with Crippen molar-refractivity contribution < 1.29 is 9.53 Å². The maximum absolute atomic E-state index is 12.0. The fraction of sp³-hybridized carbons (Fsp3) is 0.273. The van der Waals surface area contributed by atoms with Gasteiger partial charge in [0.1, 0.15) is 5.75 Å². The molecule has 19 heavy (non-hydrogen) atoms. The Balaban J connectivity index is 2.16. The zero-order chi connectivity index (χ0) is 13.8. The minimum atomic E-state index is -0.290. The molecule has 0 fully saturated rings. The van der Waals surface area contributed by atoms with Crippen molar-refractivity contribution in [2.75, 3.05) is 11.9 Å². The van der Waals surface area contributed by atoms with Gasteiger partial charge in [0, 0.05) is 12.6 Å². The van der Waals surface area contributed by atoms with Gasteiger partial charge in [-0.15, -0.1) is 0 Å². The van der Waals surface area contributed by atoms with E-state index in [9.17, 15) is 4.79 Å². The van der Waals surface area contributed by atoms with Gasteiger partial charge in [-0.1, -0.05) is 5.10 Å². The number of anilines is 1. The number of aryl methyl sites for hydroxylation is 1. The van der Waals surface area contributed by atoms with Crippen molar-refractivity contribution in [3.8, 4) is 5.75 Å². The van der Waals surface area contributed by atoms with E-state index in [4.69, 9.17) is 4.74 Å². The molecule has 100 valence electrons. The predicted octanol–water partition coefficient (Wildman–Crippen LogP) is 1.62. The monoisotopic (exact) mass is 325 g/mol. The van der Waals surface area contributed by atoms with Crippen molar-refractivity contribution in [3.05, 3.63) is 28.2 Å². The maximum Gasteiger partial charge on any atom is 0.258 e. The quantitative estimate of drug-likeness (QED) is 0.923. The molecule has 0 saturated heterocycles. The van der Waals surface area contributed by atoms with Crippen LogP contribution in [0.25, 0.3) is 0 Å². The molecular formula is C11H12BrN5O2. The molecule has 1 N–H and O–H groups in total. The number of carbonyl (C=O) groups is 1. The number of halogens is 1. The topological polar surface area (TPSA) is 81.9 Å². The van der Waals surface area contributed by atoms with E-state index in [2.05, 4.69) is 36.8 Å². The van der Waals surface area contributed by atoms with Gasteiger partial charge in [-0.25, -0.2) is 4.68 Å². The first-order valence-electron chi connectivity index (χ1n) is 5.58. The zero-order valence-corrected chi connectivity index (χ0v) is 12.0. The van der Waals surface area contributed by atoms with Gasteiger partial charge < -0.3 is 4.74 Å². The van der Waals surface area contributed by atoms with Crippen molar-refractivity contribution in [2.24, 2.45) is 7.05 Å². The van der Waals surface area contributed by atoms with Gasteiger partial charge in [0.15, 0.2) is 0 Å². The van der Waals surface area contributed by atoms with Crippen LogP contribution in [0.4, 0.5) is 5.95 Å². The summed E-state index contributed by atoms with van der Waals surface area (Å²) < 4.78 is 7.48. The van der Waals surface area contributed by atoms with Crippen LogP contribution in [-0.2, 0) is 7.05 Å². The molecule has 0 saturated carbocycles. The summed E-state index contributed by atoms with van der Waals surface area (Å²) in [5.41, 5.74) is 0.485. The summed E-state index contributed by atoms with van der Waals surface area (Å²) >= 11 is 3.36. The number of carbonyl (C=O) groups excluding carboxylic acids is 1. The second kappa shape index (κ2) is 5.79. The third-order valence-corrected chi connectivity index (χ3v) is 2.96. The summed E-state index contributed by atoms with van der Waals surface area (Å²) in [6.07, 6.45) is 0. The van der Waals surface area contributed by atoms with E-state index < -0.39 is 0 Å². The molecule has 0 aliphatic carbocycles. The Morgan fingerprint density at radius 3 is 2.89 bits per heavy atom. The summed E-state index contributed by atoms with van der Waals surface area (Å²) in [6.45, 7) is 2.46. The Morgan fingerprint density at radius 2 is 2.32 bits per heavy atom. The van der Waals surface area contributed by atoms with E-state index in [-0.39, 0.29) is 11.9 Å².